The van der Waals surface area contributed by atoms with E-state index in [9.17, 15) is 0 Å². The summed E-state index contributed by atoms with van der Waals surface area (Å²) in [4.78, 5) is 8.36. The Balaban J connectivity index is 0.000000354. The monoisotopic (exact) mass is 164 g/mol. The molecule has 0 aromatic heterocycles. The average Bonchev–Trinajstić information content (AvgIpc) is 2.07. The first-order chi connectivity index (χ1) is 5.74. The molecular weight excluding hydrogens is 152 g/mol. The normalized spacial score (nSPS) is 7.75. The average molecular weight is 164 g/mol. The molecule has 0 unspecified atom stereocenters. The predicted molar refractivity (Wildman–Crippen MR) is 50.0 cm³/mol. The van der Waals surface area contributed by atoms with Crippen molar-refractivity contribution in [1.82, 2.24) is 0 Å². The van der Waals surface area contributed by atoms with Crippen LogP contribution in [0.4, 0.5) is 0 Å². The Bertz CT molecular complexity index is 237. The van der Waals surface area contributed by atoms with E-state index in [0.717, 1.165) is 0 Å². The molecular formula is C10H12O2. The van der Waals surface area contributed by atoms with Crippen LogP contribution < -0.4 is 0 Å². The molecule has 0 atom stereocenters. The lowest BCUT2D eigenvalue weighted by Gasteiger charge is -1.91. The standard InChI is InChI=1S/C9H10.CH2O2/c1-3-9-6-4-8(2)5-7-9;2-1-3/h3-7H,1H2,2H3;1H,(H,2,3). The van der Waals surface area contributed by atoms with E-state index in [-0.39, 0.29) is 6.47 Å². The van der Waals surface area contributed by atoms with Gasteiger partial charge in [-0.05, 0) is 12.5 Å². The van der Waals surface area contributed by atoms with Crippen molar-refractivity contribution in [2.45, 2.75) is 6.92 Å². The van der Waals surface area contributed by atoms with Crippen LogP contribution >= 0.6 is 0 Å². The zero-order valence-corrected chi connectivity index (χ0v) is 7.03. The van der Waals surface area contributed by atoms with Crippen LogP contribution in [-0.4, -0.2) is 11.6 Å². The minimum absolute atomic E-state index is 0.250. The van der Waals surface area contributed by atoms with Crippen molar-refractivity contribution in [3.63, 3.8) is 0 Å². The highest BCUT2D eigenvalue weighted by atomic mass is 16.3. The second-order valence-electron chi connectivity index (χ2n) is 2.22. The van der Waals surface area contributed by atoms with Crippen LogP contribution in [0.3, 0.4) is 0 Å². The molecule has 0 aliphatic rings. The molecule has 0 heterocycles. The fraction of sp³-hybridized carbons (Fsp3) is 0.100. The highest BCUT2D eigenvalue weighted by Crippen LogP contribution is 2.02. The molecule has 1 aromatic rings. The van der Waals surface area contributed by atoms with Crippen LogP contribution in [-0.2, 0) is 4.79 Å². The second kappa shape index (κ2) is 6.16. The molecule has 1 aromatic carbocycles. The number of benzene rings is 1. The Morgan fingerprint density at radius 2 is 1.75 bits per heavy atom. The van der Waals surface area contributed by atoms with Gasteiger partial charge >= 0.3 is 0 Å². The lowest BCUT2D eigenvalue weighted by Crippen LogP contribution is -1.71. The first-order valence-electron chi connectivity index (χ1n) is 3.51. The molecule has 0 aliphatic carbocycles. The van der Waals surface area contributed by atoms with Crippen molar-refractivity contribution >= 4 is 12.5 Å². The maximum absolute atomic E-state index is 8.36. The van der Waals surface area contributed by atoms with Gasteiger partial charge in [0.25, 0.3) is 6.47 Å². The van der Waals surface area contributed by atoms with E-state index in [1.165, 1.54) is 11.1 Å². The van der Waals surface area contributed by atoms with Gasteiger partial charge in [0.05, 0.1) is 0 Å². The third kappa shape index (κ3) is 4.28. The van der Waals surface area contributed by atoms with Gasteiger partial charge in [-0.2, -0.15) is 0 Å². The van der Waals surface area contributed by atoms with Crippen molar-refractivity contribution < 1.29 is 9.90 Å². The van der Waals surface area contributed by atoms with Crippen molar-refractivity contribution in [3.05, 3.63) is 42.0 Å². The highest BCUT2D eigenvalue weighted by Gasteiger charge is 1.82. The second-order valence-corrected chi connectivity index (χ2v) is 2.22. The fourth-order valence-corrected chi connectivity index (χ4v) is 0.703. The number of carboxylic acid groups (broad SMARTS) is 1. The zero-order chi connectivity index (χ0) is 9.40. The van der Waals surface area contributed by atoms with Crippen LogP contribution in [0.25, 0.3) is 6.08 Å². The molecule has 0 amide bonds. The minimum Gasteiger partial charge on any atom is -0.483 e. The Kier molecular flexibility index (Phi) is 5.35. The summed E-state index contributed by atoms with van der Waals surface area (Å²) in [5, 5.41) is 6.89. The topological polar surface area (TPSA) is 37.3 Å². The molecule has 0 radical (unpaired) electrons. The fourth-order valence-electron chi connectivity index (χ4n) is 0.703. The van der Waals surface area contributed by atoms with Gasteiger partial charge in [-0.15, -0.1) is 0 Å². The van der Waals surface area contributed by atoms with Crippen LogP contribution in [0, 0.1) is 6.92 Å². The van der Waals surface area contributed by atoms with Gasteiger partial charge in [-0.25, -0.2) is 0 Å². The number of hydrogen-bond donors (Lipinski definition) is 1. The molecule has 64 valence electrons. The molecule has 0 aliphatic heterocycles. The lowest BCUT2D eigenvalue weighted by molar-refractivity contribution is -0.122. The summed E-state index contributed by atoms with van der Waals surface area (Å²) >= 11 is 0. The van der Waals surface area contributed by atoms with E-state index >= 15 is 0 Å². The van der Waals surface area contributed by atoms with Crippen molar-refractivity contribution in [3.8, 4) is 0 Å². The highest BCUT2D eigenvalue weighted by molar-refractivity contribution is 5.46. The van der Waals surface area contributed by atoms with Gasteiger partial charge in [-0.1, -0.05) is 42.5 Å². The zero-order valence-electron chi connectivity index (χ0n) is 7.03. The van der Waals surface area contributed by atoms with Gasteiger partial charge in [0.1, 0.15) is 0 Å². The predicted octanol–water partition coefficient (Wildman–Crippen LogP) is 2.34. The van der Waals surface area contributed by atoms with Gasteiger partial charge in [0, 0.05) is 0 Å². The van der Waals surface area contributed by atoms with Crippen molar-refractivity contribution in [2.24, 2.45) is 0 Å². The quantitative estimate of drug-likeness (QED) is 0.647. The van der Waals surface area contributed by atoms with Crippen LogP contribution in [0.1, 0.15) is 11.1 Å². The largest absolute Gasteiger partial charge is 0.483 e. The first-order valence-corrected chi connectivity index (χ1v) is 3.51. The van der Waals surface area contributed by atoms with E-state index in [0.29, 0.717) is 0 Å². The summed E-state index contributed by atoms with van der Waals surface area (Å²) < 4.78 is 0. The minimum atomic E-state index is -0.250. The van der Waals surface area contributed by atoms with Crippen molar-refractivity contribution in [2.75, 3.05) is 0 Å². The Morgan fingerprint density at radius 3 is 2.08 bits per heavy atom. The van der Waals surface area contributed by atoms with E-state index in [2.05, 4.69) is 37.8 Å². The molecule has 1 rings (SSSR count). The summed E-state index contributed by atoms with van der Waals surface area (Å²) in [6, 6.07) is 8.28. The van der Waals surface area contributed by atoms with Gasteiger partial charge in [0.2, 0.25) is 0 Å². The molecule has 0 bridgehead atoms. The summed E-state index contributed by atoms with van der Waals surface area (Å²) in [6.07, 6.45) is 1.85. The third-order valence-electron chi connectivity index (χ3n) is 1.31. The molecule has 12 heavy (non-hydrogen) atoms. The molecule has 0 fully saturated rings. The molecule has 2 nitrogen and oxygen atoms in total. The third-order valence-corrected chi connectivity index (χ3v) is 1.31. The number of rotatable bonds is 1. The molecule has 2 heteroatoms. The molecule has 0 spiro atoms. The maximum Gasteiger partial charge on any atom is 0.290 e. The summed E-state index contributed by atoms with van der Waals surface area (Å²) in [5.41, 5.74) is 2.47. The number of carbonyl (C=O) groups is 1. The first kappa shape index (κ1) is 10.4. The Hall–Kier alpha value is -1.57. The summed E-state index contributed by atoms with van der Waals surface area (Å²) in [6.45, 7) is 5.49. The van der Waals surface area contributed by atoms with Crippen LogP contribution in [0.2, 0.25) is 0 Å². The van der Waals surface area contributed by atoms with Gasteiger partial charge < -0.3 is 5.11 Å². The van der Waals surface area contributed by atoms with Gasteiger partial charge in [-0.3, -0.25) is 4.79 Å². The number of hydrogen-bond acceptors (Lipinski definition) is 1. The molecule has 0 saturated carbocycles. The van der Waals surface area contributed by atoms with Crippen LogP contribution in [0.15, 0.2) is 30.8 Å². The van der Waals surface area contributed by atoms with E-state index < -0.39 is 0 Å². The Morgan fingerprint density at radius 1 is 1.33 bits per heavy atom. The molecule has 1 N–H and O–H groups in total. The van der Waals surface area contributed by atoms with Gasteiger partial charge in [0.15, 0.2) is 0 Å². The van der Waals surface area contributed by atoms with E-state index in [4.69, 9.17) is 9.90 Å². The summed E-state index contributed by atoms with van der Waals surface area (Å²) in [7, 11) is 0. The van der Waals surface area contributed by atoms with Crippen molar-refractivity contribution in [1.29, 1.82) is 0 Å². The number of aryl methyl sites for hydroxylation is 1. The lowest BCUT2D eigenvalue weighted by atomic mass is 10.2. The van der Waals surface area contributed by atoms with Crippen LogP contribution in [0.5, 0.6) is 0 Å². The van der Waals surface area contributed by atoms with E-state index in [1.54, 1.807) is 0 Å². The maximum atomic E-state index is 8.36. The smallest absolute Gasteiger partial charge is 0.290 e. The Labute approximate surface area is 72.2 Å². The SMILES string of the molecule is C=Cc1ccc(C)cc1.O=CO. The molecule has 0 saturated heterocycles. The van der Waals surface area contributed by atoms with E-state index in [1.807, 2.05) is 6.08 Å². The summed E-state index contributed by atoms with van der Waals surface area (Å²) in [5.74, 6) is 0.